The lowest BCUT2D eigenvalue weighted by Gasteiger charge is -2.35. The summed E-state index contributed by atoms with van der Waals surface area (Å²) in [5.74, 6) is 1.38. The lowest BCUT2D eigenvalue weighted by molar-refractivity contribution is -0.136. The third kappa shape index (κ3) is 4.95. The topological polar surface area (TPSA) is 59.6 Å². The molecule has 2 rings (SSSR count). The number of hydrogen-bond donors (Lipinski definition) is 2. The highest BCUT2D eigenvalue weighted by molar-refractivity contribution is 5.83. The molecule has 1 fully saturated rings. The molecule has 0 bridgehead atoms. The molecule has 5 nitrogen and oxygen atoms in total. The number of methoxy groups -OCH3 is 1. The summed E-state index contributed by atoms with van der Waals surface area (Å²) in [6.07, 6.45) is 1.61. The zero-order valence-corrected chi connectivity index (χ0v) is 15.1. The minimum absolute atomic E-state index is 0.0736. The van der Waals surface area contributed by atoms with E-state index in [2.05, 4.69) is 24.5 Å². The Bertz CT molecular complexity index is 520. The van der Waals surface area contributed by atoms with Crippen LogP contribution in [0.15, 0.2) is 24.3 Å². The van der Waals surface area contributed by atoms with Crippen LogP contribution in [-0.2, 0) is 16.1 Å². The maximum Gasteiger partial charge on any atom is 0.228 e. The summed E-state index contributed by atoms with van der Waals surface area (Å²) < 4.78 is 11.2. The highest BCUT2D eigenvalue weighted by Crippen LogP contribution is 2.30. The van der Waals surface area contributed by atoms with Gasteiger partial charge in [0.05, 0.1) is 18.6 Å². The summed E-state index contributed by atoms with van der Waals surface area (Å²) in [6, 6.07) is 7.89. The molecule has 1 aromatic carbocycles. The number of carbonyl (C=O) groups excluding carboxylic acids is 1. The number of para-hydroxylation sites is 1. The van der Waals surface area contributed by atoms with E-state index in [0.717, 1.165) is 37.2 Å². The van der Waals surface area contributed by atoms with Crippen molar-refractivity contribution >= 4 is 5.91 Å². The molecule has 1 aliphatic rings. The average molecular weight is 334 g/mol. The molecule has 134 valence electrons. The molecular weight excluding hydrogens is 304 g/mol. The van der Waals surface area contributed by atoms with Crippen molar-refractivity contribution in [2.75, 3.05) is 33.4 Å². The van der Waals surface area contributed by atoms with Crippen molar-refractivity contribution in [1.29, 1.82) is 0 Å². The maximum atomic E-state index is 12.8. The molecule has 0 aliphatic carbocycles. The van der Waals surface area contributed by atoms with E-state index < -0.39 is 5.41 Å². The first-order valence-corrected chi connectivity index (χ1v) is 8.76. The molecule has 2 N–H and O–H groups in total. The van der Waals surface area contributed by atoms with Crippen molar-refractivity contribution < 1.29 is 14.3 Å². The Morgan fingerprint density at radius 2 is 2.00 bits per heavy atom. The Labute approximate surface area is 145 Å². The predicted octanol–water partition coefficient (Wildman–Crippen LogP) is 2.35. The summed E-state index contributed by atoms with van der Waals surface area (Å²) >= 11 is 0. The summed E-state index contributed by atoms with van der Waals surface area (Å²) in [5, 5.41) is 6.40. The zero-order chi connectivity index (χ0) is 17.4. The number of ether oxygens (including phenoxy) is 2. The van der Waals surface area contributed by atoms with Crippen molar-refractivity contribution in [2.45, 2.75) is 33.2 Å². The van der Waals surface area contributed by atoms with Crippen LogP contribution in [0.4, 0.5) is 0 Å². The number of piperidine rings is 1. The molecule has 5 heteroatoms. The highest BCUT2D eigenvalue weighted by atomic mass is 16.5. The lowest BCUT2D eigenvalue weighted by atomic mass is 9.78. The highest BCUT2D eigenvalue weighted by Gasteiger charge is 2.39. The van der Waals surface area contributed by atoms with Crippen molar-refractivity contribution in [1.82, 2.24) is 10.6 Å². The quantitative estimate of drug-likeness (QED) is 0.766. The third-order valence-corrected chi connectivity index (χ3v) is 4.45. The van der Waals surface area contributed by atoms with Crippen molar-refractivity contribution in [3.63, 3.8) is 0 Å². The van der Waals surface area contributed by atoms with Gasteiger partial charge in [0.25, 0.3) is 0 Å². The van der Waals surface area contributed by atoms with E-state index in [1.807, 2.05) is 24.3 Å². The summed E-state index contributed by atoms with van der Waals surface area (Å²) in [5.41, 5.74) is 0.585. The van der Waals surface area contributed by atoms with E-state index in [1.54, 1.807) is 7.11 Å². The largest absolute Gasteiger partial charge is 0.493 e. The average Bonchev–Trinajstić information content (AvgIpc) is 2.59. The van der Waals surface area contributed by atoms with E-state index in [1.165, 1.54) is 0 Å². The summed E-state index contributed by atoms with van der Waals surface area (Å²) in [4.78, 5) is 12.8. The molecule has 0 spiro atoms. The predicted molar refractivity (Wildman–Crippen MR) is 95.0 cm³/mol. The zero-order valence-electron chi connectivity index (χ0n) is 15.1. The van der Waals surface area contributed by atoms with Crippen LogP contribution < -0.4 is 15.4 Å². The Hall–Kier alpha value is -1.59. The smallest absolute Gasteiger partial charge is 0.228 e. The second-order valence-corrected chi connectivity index (χ2v) is 6.96. The number of hydrogen-bond acceptors (Lipinski definition) is 4. The van der Waals surface area contributed by atoms with Gasteiger partial charge in [0.2, 0.25) is 5.91 Å². The first-order valence-electron chi connectivity index (χ1n) is 8.76. The summed E-state index contributed by atoms with van der Waals surface area (Å²) in [7, 11) is 1.66. The van der Waals surface area contributed by atoms with Gasteiger partial charge in [0, 0.05) is 19.2 Å². The van der Waals surface area contributed by atoms with Crippen LogP contribution in [-0.4, -0.2) is 39.3 Å². The van der Waals surface area contributed by atoms with Crippen LogP contribution in [0, 0.1) is 11.3 Å². The van der Waals surface area contributed by atoms with Gasteiger partial charge in [-0.05, 0) is 37.9 Å². The van der Waals surface area contributed by atoms with E-state index in [0.29, 0.717) is 25.7 Å². The molecule has 1 aliphatic heterocycles. The Morgan fingerprint density at radius 3 is 2.67 bits per heavy atom. The molecule has 0 saturated carbocycles. The number of carbonyl (C=O) groups is 1. The lowest BCUT2D eigenvalue weighted by Crippen LogP contribution is -2.50. The van der Waals surface area contributed by atoms with E-state index in [9.17, 15) is 4.79 Å². The second kappa shape index (κ2) is 9.04. The number of nitrogens with one attached hydrogen (secondary N) is 2. The fraction of sp³-hybridized carbons (Fsp3) is 0.632. The van der Waals surface area contributed by atoms with Crippen LogP contribution in [0.3, 0.4) is 0 Å². The molecule has 1 saturated heterocycles. The summed E-state index contributed by atoms with van der Waals surface area (Å²) in [6.45, 7) is 7.56. The van der Waals surface area contributed by atoms with Crippen LogP contribution in [0.25, 0.3) is 0 Å². The first-order chi connectivity index (χ1) is 11.6. The number of amides is 1. The second-order valence-electron chi connectivity index (χ2n) is 6.96. The van der Waals surface area contributed by atoms with Gasteiger partial charge in [0.15, 0.2) is 0 Å². The molecule has 1 heterocycles. The van der Waals surface area contributed by atoms with E-state index >= 15 is 0 Å². The molecule has 1 aromatic rings. The number of rotatable bonds is 8. The van der Waals surface area contributed by atoms with Crippen molar-refractivity contribution in [3.05, 3.63) is 29.8 Å². The van der Waals surface area contributed by atoms with Gasteiger partial charge >= 0.3 is 0 Å². The SMILES string of the molecule is COCC1(C(=O)NCc2ccccc2OCC(C)C)CCNCC1. The molecular formula is C19H30N2O3. The van der Waals surface area contributed by atoms with E-state index in [4.69, 9.17) is 9.47 Å². The van der Waals surface area contributed by atoms with E-state index in [-0.39, 0.29) is 5.91 Å². The van der Waals surface area contributed by atoms with Gasteiger partial charge < -0.3 is 20.1 Å². The van der Waals surface area contributed by atoms with Gasteiger partial charge in [-0.15, -0.1) is 0 Å². The minimum Gasteiger partial charge on any atom is -0.493 e. The van der Waals surface area contributed by atoms with Gasteiger partial charge in [-0.1, -0.05) is 32.0 Å². The van der Waals surface area contributed by atoms with Crippen LogP contribution in [0.2, 0.25) is 0 Å². The monoisotopic (exact) mass is 334 g/mol. The van der Waals surface area contributed by atoms with Crippen LogP contribution >= 0.6 is 0 Å². The Balaban J connectivity index is 2.00. The van der Waals surface area contributed by atoms with Gasteiger partial charge in [0.1, 0.15) is 5.75 Å². The van der Waals surface area contributed by atoms with Gasteiger partial charge in [-0.2, -0.15) is 0 Å². The Kier molecular flexibility index (Phi) is 7.06. The molecule has 0 radical (unpaired) electrons. The fourth-order valence-corrected chi connectivity index (χ4v) is 3.03. The first kappa shape index (κ1) is 18.7. The Morgan fingerprint density at radius 1 is 1.29 bits per heavy atom. The maximum absolute atomic E-state index is 12.8. The van der Waals surface area contributed by atoms with Crippen molar-refractivity contribution in [3.8, 4) is 5.75 Å². The van der Waals surface area contributed by atoms with Crippen molar-refractivity contribution in [2.24, 2.45) is 11.3 Å². The molecule has 0 unspecified atom stereocenters. The molecule has 0 aromatic heterocycles. The third-order valence-electron chi connectivity index (χ3n) is 4.45. The minimum atomic E-state index is -0.423. The number of benzene rings is 1. The normalized spacial score (nSPS) is 16.8. The van der Waals surface area contributed by atoms with Crippen LogP contribution in [0.5, 0.6) is 5.75 Å². The van der Waals surface area contributed by atoms with Crippen LogP contribution in [0.1, 0.15) is 32.3 Å². The molecule has 0 atom stereocenters. The van der Waals surface area contributed by atoms with Gasteiger partial charge in [-0.25, -0.2) is 0 Å². The fourth-order valence-electron chi connectivity index (χ4n) is 3.03. The van der Waals surface area contributed by atoms with Gasteiger partial charge in [-0.3, -0.25) is 4.79 Å². The molecule has 1 amide bonds. The standard InChI is InChI=1S/C19H30N2O3/c1-15(2)13-24-17-7-5-4-6-16(17)12-21-18(22)19(14-23-3)8-10-20-11-9-19/h4-7,15,20H,8-14H2,1-3H3,(H,21,22). The molecule has 24 heavy (non-hydrogen) atoms.